The van der Waals surface area contributed by atoms with E-state index >= 15 is 0 Å². The summed E-state index contributed by atoms with van der Waals surface area (Å²) >= 11 is 0. The van der Waals surface area contributed by atoms with Crippen molar-refractivity contribution in [3.05, 3.63) is 24.3 Å². The molecule has 4 nitrogen and oxygen atoms in total. The molecule has 19 heavy (non-hydrogen) atoms. The summed E-state index contributed by atoms with van der Waals surface area (Å²) in [6.07, 6.45) is 8.41. The standard InChI is InChI=1S/C12H22O2.C3H4O2/c1-10(2)8-6-4-5-7-9-11(3)12(13)14;1-2-3(4)5/h9-10H,4-8H2,1-3H3,(H,13,14);2H,1H2,(H,4,5). The van der Waals surface area contributed by atoms with Crippen molar-refractivity contribution in [1.82, 2.24) is 0 Å². The summed E-state index contributed by atoms with van der Waals surface area (Å²) < 4.78 is 0. The Hall–Kier alpha value is -1.58. The summed E-state index contributed by atoms with van der Waals surface area (Å²) in [6.45, 7) is 9.07. The van der Waals surface area contributed by atoms with E-state index in [0.717, 1.165) is 24.8 Å². The second kappa shape index (κ2) is 12.9. The van der Waals surface area contributed by atoms with Crippen molar-refractivity contribution in [3.63, 3.8) is 0 Å². The van der Waals surface area contributed by atoms with E-state index in [1.54, 1.807) is 6.92 Å². The molecule has 0 rings (SSSR count). The third-order valence-electron chi connectivity index (χ3n) is 2.45. The van der Waals surface area contributed by atoms with Gasteiger partial charge >= 0.3 is 11.9 Å². The molecule has 0 aliphatic carbocycles. The van der Waals surface area contributed by atoms with E-state index in [0.29, 0.717) is 5.57 Å². The lowest BCUT2D eigenvalue weighted by molar-refractivity contribution is -0.133. The highest BCUT2D eigenvalue weighted by molar-refractivity contribution is 5.85. The van der Waals surface area contributed by atoms with Crippen LogP contribution in [0.5, 0.6) is 0 Å². The van der Waals surface area contributed by atoms with Crippen LogP contribution in [0.3, 0.4) is 0 Å². The third-order valence-corrected chi connectivity index (χ3v) is 2.45. The van der Waals surface area contributed by atoms with Gasteiger partial charge in [0.1, 0.15) is 0 Å². The molecule has 0 heterocycles. The molecule has 0 aliphatic rings. The van der Waals surface area contributed by atoms with Crippen LogP contribution < -0.4 is 0 Å². The summed E-state index contributed by atoms with van der Waals surface area (Å²) in [6, 6.07) is 0. The van der Waals surface area contributed by atoms with Gasteiger partial charge in [0.15, 0.2) is 0 Å². The molecule has 4 heteroatoms. The first-order chi connectivity index (χ1) is 8.81. The highest BCUT2D eigenvalue weighted by Crippen LogP contribution is 2.10. The Kier molecular flexibility index (Phi) is 13.4. The maximum atomic E-state index is 10.4. The Morgan fingerprint density at radius 2 is 1.68 bits per heavy atom. The molecule has 0 spiro atoms. The first-order valence-corrected chi connectivity index (χ1v) is 6.56. The number of hydrogen-bond donors (Lipinski definition) is 2. The predicted octanol–water partition coefficient (Wildman–Crippen LogP) is 3.88. The van der Waals surface area contributed by atoms with E-state index in [-0.39, 0.29) is 0 Å². The first-order valence-electron chi connectivity index (χ1n) is 6.56. The van der Waals surface area contributed by atoms with Crippen molar-refractivity contribution in [2.24, 2.45) is 5.92 Å². The smallest absolute Gasteiger partial charge is 0.330 e. The van der Waals surface area contributed by atoms with Gasteiger partial charge in [0.25, 0.3) is 0 Å². The minimum atomic E-state index is -0.981. The zero-order chi connectivity index (χ0) is 15.3. The molecule has 0 saturated carbocycles. The Morgan fingerprint density at radius 3 is 2.05 bits per heavy atom. The van der Waals surface area contributed by atoms with Crippen LogP contribution in [0.15, 0.2) is 24.3 Å². The Bertz CT molecular complexity index is 303. The van der Waals surface area contributed by atoms with Gasteiger partial charge in [-0.1, -0.05) is 45.8 Å². The van der Waals surface area contributed by atoms with Gasteiger partial charge in [-0.05, 0) is 25.7 Å². The summed E-state index contributed by atoms with van der Waals surface area (Å²) in [5.74, 6) is -0.997. The van der Waals surface area contributed by atoms with Crippen molar-refractivity contribution >= 4 is 11.9 Å². The van der Waals surface area contributed by atoms with Crippen LogP contribution in [-0.4, -0.2) is 22.2 Å². The van der Waals surface area contributed by atoms with E-state index < -0.39 is 11.9 Å². The van der Waals surface area contributed by atoms with Gasteiger partial charge in [0.2, 0.25) is 0 Å². The molecular weight excluding hydrogens is 244 g/mol. The van der Waals surface area contributed by atoms with Gasteiger partial charge in [-0.2, -0.15) is 0 Å². The van der Waals surface area contributed by atoms with Gasteiger partial charge in [0.05, 0.1) is 0 Å². The van der Waals surface area contributed by atoms with Crippen LogP contribution in [-0.2, 0) is 9.59 Å². The number of unbranched alkanes of at least 4 members (excludes halogenated alkanes) is 3. The quantitative estimate of drug-likeness (QED) is 0.518. The number of rotatable bonds is 8. The van der Waals surface area contributed by atoms with Crippen LogP contribution in [0.4, 0.5) is 0 Å². The lowest BCUT2D eigenvalue weighted by Crippen LogP contribution is -1.95. The van der Waals surface area contributed by atoms with E-state index in [4.69, 9.17) is 10.2 Å². The molecule has 0 saturated heterocycles. The van der Waals surface area contributed by atoms with E-state index in [1.165, 1.54) is 19.3 Å². The van der Waals surface area contributed by atoms with Crippen molar-refractivity contribution < 1.29 is 19.8 Å². The SMILES string of the molecule is C=CC(=O)O.CC(=CCCCCCC(C)C)C(=O)O. The number of allylic oxidation sites excluding steroid dienone is 1. The molecule has 0 atom stereocenters. The van der Waals surface area contributed by atoms with Gasteiger partial charge in [0, 0.05) is 11.6 Å². The molecule has 0 fully saturated rings. The van der Waals surface area contributed by atoms with Gasteiger partial charge < -0.3 is 10.2 Å². The fraction of sp³-hybridized carbons (Fsp3) is 0.600. The average molecular weight is 270 g/mol. The van der Waals surface area contributed by atoms with Crippen LogP contribution in [0.25, 0.3) is 0 Å². The van der Waals surface area contributed by atoms with Gasteiger partial charge in [-0.15, -0.1) is 0 Å². The lowest BCUT2D eigenvalue weighted by Gasteiger charge is -2.02. The van der Waals surface area contributed by atoms with E-state index in [2.05, 4.69) is 20.4 Å². The predicted molar refractivity (Wildman–Crippen MR) is 77.1 cm³/mol. The summed E-state index contributed by atoms with van der Waals surface area (Å²) in [5, 5.41) is 16.2. The fourth-order valence-corrected chi connectivity index (χ4v) is 1.28. The first kappa shape index (κ1) is 19.8. The van der Waals surface area contributed by atoms with E-state index in [9.17, 15) is 9.59 Å². The molecule has 0 aromatic heterocycles. The molecular formula is C15H26O4. The number of carboxylic acids is 2. The molecule has 110 valence electrons. The highest BCUT2D eigenvalue weighted by atomic mass is 16.4. The summed E-state index contributed by atoms with van der Waals surface area (Å²) in [5.41, 5.74) is 0.467. The summed E-state index contributed by atoms with van der Waals surface area (Å²) in [4.78, 5) is 19.7. The minimum absolute atomic E-state index is 0.467. The van der Waals surface area contributed by atoms with Crippen molar-refractivity contribution in [1.29, 1.82) is 0 Å². The zero-order valence-electron chi connectivity index (χ0n) is 12.2. The normalized spacial score (nSPS) is 10.6. The number of carboxylic acid groups (broad SMARTS) is 2. The van der Waals surface area contributed by atoms with Gasteiger partial charge in [-0.3, -0.25) is 0 Å². The zero-order valence-corrected chi connectivity index (χ0v) is 12.2. The highest BCUT2D eigenvalue weighted by Gasteiger charge is 1.98. The molecule has 0 aromatic carbocycles. The molecule has 2 N–H and O–H groups in total. The lowest BCUT2D eigenvalue weighted by atomic mass is 10.0. The molecule has 0 radical (unpaired) electrons. The van der Waals surface area contributed by atoms with Crippen molar-refractivity contribution in [3.8, 4) is 0 Å². The monoisotopic (exact) mass is 270 g/mol. The Balaban J connectivity index is 0. The number of aliphatic carboxylic acids is 2. The summed E-state index contributed by atoms with van der Waals surface area (Å²) in [7, 11) is 0. The average Bonchev–Trinajstić information content (AvgIpc) is 2.33. The minimum Gasteiger partial charge on any atom is -0.478 e. The van der Waals surface area contributed by atoms with Gasteiger partial charge in [-0.25, -0.2) is 9.59 Å². The Morgan fingerprint density at radius 1 is 1.16 bits per heavy atom. The largest absolute Gasteiger partial charge is 0.478 e. The maximum absolute atomic E-state index is 10.4. The molecule has 0 amide bonds. The van der Waals surface area contributed by atoms with Crippen LogP contribution in [0.2, 0.25) is 0 Å². The molecule has 0 bridgehead atoms. The number of hydrogen-bond acceptors (Lipinski definition) is 2. The number of carbonyl (C=O) groups is 2. The second-order valence-corrected chi connectivity index (χ2v) is 4.77. The Labute approximate surface area is 115 Å². The molecule has 0 unspecified atom stereocenters. The molecule has 0 aliphatic heterocycles. The topological polar surface area (TPSA) is 74.6 Å². The third kappa shape index (κ3) is 19.0. The van der Waals surface area contributed by atoms with E-state index in [1.807, 2.05) is 6.08 Å². The van der Waals surface area contributed by atoms with Crippen LogP contribution in [0.1, 0.15) is 52.9 Å². The van der Waals surface area contributed by atoms with Crippen molar-refractivity contribution in [2.75, 3.05) is 0 Å². The van der Waals surface area contributed by atoms with Crippen molar-refractivity contribution in [2.45, 2.75) is 52.9 Å². The second-order valence-electron chi connectivity index (χ2n) is 4.77. The molecule has 0 aromatic rings. The maximum Gasteiger partial charge on any atom is 0.330 e. The fourth-order valence-electron chi connectivity index (χ4n) is 1.28. The van der Waals surface area contributed by atoms with Crippen LogP contribution >= 0.6 is 0 Å². The van der Waals surface area contributed by atoms with Crippen LogP contribution in [0, 0.1) is 5.92 Å².